The summed E-state index contributed by atoms with van der Waals surface area (Å²) in [4.78, 5) is 10.4. The second-order valence-corrected chi connectivity index (χ2v) is 3.35. The molecule has 1 atom stereocenters. The number of aliphatic carboxylic acids is 1. The topological polar surface area (TPSA) is 83.5 Å². The number of rotatable bonds is 3. The third-order valence-corrected chi connectivity index (χ3v) is 2.16. The minimum Gasteiger partial charge on any atom is -0.508 e. The molecule has 4 N–H and O–H groups in total. The van der Waals surface area contributed by atoms with E-state index in [1.807, 2.05) is 0 Å². The predicted octanol–water partition coefficient (Wildman–Crippen LogP) is 1.31. The SMILES string of the molecule is Cc1c(O)cc(C(N)CC(=O)O)cc1F. The van der Waals surface area contributed by atoms with Crippen LogP contribution in [0.4, 0.5) is 4.39 Å². The maximum absolute atomic E-state index is 13.2. The molecule has 0 fully saturated rings. The van der Waals surface area contributed by atoms with Gasteiger partial charge in [0.15, 0.2) is 0 Å². The van der Waals surface area contributed by atoms with Gasteiger partial charge in [0.2, 0.25) is 0 Å². The molecule has 1 aromatic carbocycles. The van der Waals surface area contributed by atoms with Gasteiger partial charge in [-0.05, 0) is 24.6 Å². The van der Waals surface area contributed by atoms with Crippen LogP contribution < -0.4 is 5.73 Å². The lowest BCUT2D eigenvalue weighted by molar-refractivity contribution is -0.137. The van der Waals surface area contributed by atoms with Crippen LogP contribution in [-0.4, -0.2) is 16.2 Å². The van der Waals surface area contributed by atoms with Crippen LogP contribution >= 0.6 is 0 Å². The smallest absolute Gasteiger partial charge is 0.305 e. The number of nitrogens with two attached hydrogens (primary N) is 1. The summed E-state index contributed by atoms with van der Waals surface area (Å²) in [6, 6.07) is 1.61. The average Bonchev–Trinajstić information content (AvgIpc) is 2.12. The molecule has 5 heteroatoms. The molecular weight excluding hydrogens is 201 g/mol. The van der Waals surface area contributed by atoms with Gasteiger partial charge >= 0.3 is 5.97 Å². The molecule has 0 amide bonds. The van der Waals surface area contributed by atoms with Gasteiger partial charge in [-0.1, -0.05) is 0 Å². The van der Waals surface area contributed by atoms with Crippen molar-refractivity contribution in [2.24, 2.45) is 5.73 Å². The van der Waals surface area contributed by atoms with Gasteiger partial charge in [-0.3, -0.25) is 4.79 Å². The number of hydrogen-bond donors (Lipinski definition) is 3. The van der Waals surface area contributed by atoms with Gasteiger partial charge in [0.05, 0.1) is 6.42 Å². The molecule has 0 radical (unpaired) electrons. The number of carboxylic acids is 1. The Labute approximate surface area is 86.1 Å². The first-order valence-corrected chi connectivity index (χ1v) is 4.38. The van der Waals surface area contributed by atoms with E-state index in [0.29, 0.717) is 0 Å². The van der Waals surface area contributed by atoms with Crippen molar-refractivity contribution in [3.8, 4) is 5.75 Å². The summed E-state index contributed by atoms with van der Waals surface area (Å²) in [6.45, 7) is 1.43. The second kappa shape index (κ2) is 4.27. The van der Waals surface area contributed by atoms with E-state index in [1.165, 1.54) is 13.0 Å². The predicted molar refractivity (Wildman–Crippen MR) is 52.0 cm³/mol. The van der Waals surface area contributed by atoms with Gasteiger partial charge in [0.25, 0.3) is 0 Å². The van der Waals surface area contributed by atoms with E-state index >= 15 is 0 Å². The summed E-state index contributed by atoms with van der Waals surface area (Å²) in [5.74, 6) is -1.88. The van der Waals surface area contributed by atoms with Crippen LogP contribution in [0.15, 0.2) is 12.1 Å². The fourth-order valence-corrected chi connectivity index (χ4v) is 1.20. The average molecular weight is 213 g/mol. The lowest BCUT2D eigenvalue weighted by Gasteiger charge is -2.11. The van der Waals surface area contributed by atoms with E-state index in [-0.39, 0.29) is 23.3 Å². The fourth-order valence-electron chi connectivity index (χ4n) is 1.20. The van der Waals surface area contributed by atoms with Gasteiger partial charge in [-0.25, -0.2) is 4.39 Å². The molecule has 0 aliphatic carbocycles. The molecule has 15 heavy (non-hydrogen) atoms. The molecule has 0 spiro atoms. The first-order chi connectivity index (χ1) is 6.91. The van der Waals surface area contributed by atoms with Crippen LogP contribution in [0.25, 0.3) is 0 Å². The van der Waals surface area contributed by atoms with Crippen molar-refractivity contribution in [3.05, 3.63) is 29.1 Å². The van der Waals surface area contributed by atoms with Crippen LogP contribution in [-0.2, 0) is 4.79 Å². The molecular formula is C10H12FNO3. The number of carboxylic acid groups (broad SMARTS) is 1. The zero-order valence-electron chi connectivity index (χ0n) is 8.20. The van der Waals surface area contributed by atoms with Crippen LogP contribution in [0.5, 0.6) is 5.75 Å². The Hall–Kier alpha value is -1.62. The molecule has 1 rings (SSSR count). The molecule has 0 saturated heterocycles. The van der Waals surface area contributed by atoms with Gasteiger partial charge in [0.1, 0.15) is 11.6 Å². The third-order valence-electron chi connectivity index (χ3n) is 2.16. The Morgan fingerprint density at radius 3 is 2.67 bits per heavy atom. The molecule has 4 nitrogen and oxygen atoms in total. The van der Waals surface area contributed by atoms with Crippen LogP contribution in [0.3, 0.4) is 0 Å². The number of benzene rings is 1. The van der Waals surface area contributed by atoms with Gasteiger partial charge < -0.3 is 15.9 Å². The molecule has 0 bridgehead atoms. The van der Waals surface area contributed by atoms with Gasteiger partial charge in [0, 0.05) is 11.6 Å². The summed E-state index contributed by atoms with van der Waals surface area (Å²) in [7, 11) is 0. The van der Waals surface area contributed by atoms with Crippen molar-refractivity contribution < 1.29 is 19.4 Å². The van der Waals surface area contributed by atoms with Crippen molar-refractivity contribution in [3.63, 3.8) is 0 Å². The molecule has 0 aliphatic rings. The molecule has 0 heterocycles. The molecule has 82 valence electrons. The number of phenolic OH excluding ortho intramolecular Hbond substituents is 1. The van der Waals surface area contributed by atoms with Crippen molar-refractivity contribution in [2.45, 2.75) is 19.4 Å². The number of aromatic hydroxyl groups is 1. The highest BCUT2D eigenvalue weighted by atomic mass is 19.1. The van der Waals surface area contributed by atoms with E-state index in [9.17, 15) is 14.3 Å². The normalized spacial score (nSPS) is 12.5. The van der Waals surface area contributed by atoms with Crippen LogP contribution in [0.2, 0.25) is 0 Å². The van der Waals surface area contributed by atoms with Crippen LogP contribution in [0, 0.1) is 12.7 Å². The molecule has 0 saturated carbocycles. The maximum Gasteiger partial charge on any atom is 0.305 e. The van der Waals surface area contributed by atoms with Crippen molar-refractivity contribution in [1.29, 1.82) is 0 Å². The Morgan fingerprint density at radius 1 is 1.60 bits per heavy atom. The Balaban J connectivity index is 3.00. The minimum atomic E-state index is -1.07. The highest BCUT2D eigenvalue weighted by Crippen LogP contribution is 2.25. The van der Waals surface area contributed by atoms with Gasteiger partial charge in [-0.2, -0.15) is 0 Å². The van der Waals surface area contributed by atoms with Crippen molar-refractivity contribution in [2.75, 3.05) is 0 Å². The van der Waals surface area contributed by atoms with Gasteiger partial charge in [-0.15, -0.1) is 0 Å². The largest absolute Gasteiger partial charge is 0.508 e. The maximum atomic E-state index is 13.2. The van der Waals surface area contributed by atoms with Crippen molar-refractivity contribution in [1.82, 2.24) is 0 Å². The Bertz CT molecular complexity index is 369. The summed E-state index contributed by atoms with van der Waals surface area (Å²) >= 11 is 0. The zero-order valence-corrected chi connectivity index (χ0v) is 8.20. The summed E-state index contributed by atoms with van der Waals surface area (Å²) in [5.41, 5.74) is 5.93. The fraction of sp³-hybridized carbons (Fsp3) is 0.300. The third kappa shape index (κ3) is 2.66. The standard InChI is InChI=1S/C10H12FNO3/c1-5-7(11)2-6(3-9(5)13)8(12)4-10(14)15/h2-3,8,13H,4,12H2,1H3,(H,14,15). The van der Waals surface area contributed by atoms with E-state index in [2.05, 4.69) is 0 Å². The zero-order chi connectivity index (χ0) is 11.6. The van der Waals surface area contributed by atoms with Crippen LogP contribution in [0.1, 0.15) is 23.6 Å². The summed E-state index contributed by atoms with van der Waals surface area (Å²) < 4.78 is 13.2. The lowest BCUT2D eigenvalue weighted by atomic mass is 10.0. The Morgan fingerprint density at radius 2 is 2.20 bits per heavy atom. The number of halogens is 1. The highest BCUT2D eigenvalue weighted by molar-refractivity contribution is 5.68. The number of phenols is 1. The lowest BCUT2D eigenvalue weighted by Crippen LogP contribution is -2.15. The quantitative estimate of drug-likeness (QED) is 0.706. The molecule has 0 aromatic heterocycles. The van der Waals surface area contributed by atoms with E-state index in [4.69, 9.17) is 10.8 Å². The second-order valence-electron chi connectivity index (χ2n) is 3.35. The molecule has 1 aromatic rings. The minimum absolute atomic E-state index is 0.126. The first kappa shape index (κ1) is 11.5. The summed E-state index contributed by atoms with van der Waals surface area (Å²) in [5, 5.41) is 17.8. The summed E-state index contributed by atoms with van der Waals surface area (Å²) in [6.07, 6.45) is -0.304. The highest BCUT2D eigenvalue weighted by Gasteiger charge is 2.14. The number of hydrogen-bond acceptors (Lipinski definition) is 3. The molecule has 0 aliphatic heterocycles. The molecule has 1 unspecified atom stereocenters. The van der Waals surface area contributed by atoms with E-state index in [0.717, 1.165) is 6.07 Å². The van der Waals surface area contributed by atoms with E-state index in [1.54, 1.807) is 0 Å². The first-order valence-electron chi connectivity index (χ1n) is 4.38. The monoisotopic (exact) mass is 213 g/mol. The van der Waals surface area contributed by atoms with Crippen molar-refractivity contribution >= 4 is 5.97 Å². The number of carbonyl (C=O) groups is 1. The Kier molecular flexibility index (Phi) is 3.26. The van der Waals surface area contributed by atoms with E-state index < -0.39 is 17.8 Å².